The second kappa shape index (κ2) is 8.25. The molecule has 1 aromatic rings. The molecule has 1 atom stereocenters. The van der Waals surface area contributed by atoms with Gasteiger partial charge in [0.2, 0.25) is 0 Å². The molecule has 1 rings (SSSR count). The van der Waals surface area contributed by atoms with Gasteiger partial charge in [0.15, 0.2) is 0 Å². The van der Waals surface area contributed by atoms with Crippen LogP contribution < -0.4 is 11.3 Å². The second-order valence-corrected chi connectivity index (χ2v) is 5.05. The van der Waals surface area contributed by atoms with Crippen LogP contribution in [0.5, 0.6) is 0 Å². The van der Waals surface area contributed by atoms with Crippen LogP contribution in [-0.2, 0) is 11.2 Å². The van der Waals surface area contributed by atoms with Crippen LogP contribution in [0.25, 0.3) is 0 Å². The van der Waals surface area contributed by atoms with E-state index in [0.29, 0.717) is 5.92 Å². The molecule has 3 heteroatoms. The fourth-order valence-electron chi connectivity index (χ4n) is 2.10. The van der Waals surface area contributed by atoms with Crippen molar-refractivity contribution in [2.24, 2.45) is 11.8 Å². The number of rotatable bonds is 8. The molecule has 102 valence electrons. The predicted octanol–water partition coefficient (Wildman–Crippen LogP) is 2.82. The zero-order valence-electron chi connectivity index (χ0n) is 11.8. The third-order valence-corrected chi connectivity index (χ3v) is 2.95. The minimum Gasteiger partial charge on any atom is -0.382 e. The van der Waals surface area contributed by atoms with Gasteiger partial charge in [0.1, 0.15) is 0 Å². The number of hydrogen-bond acceptors (Lipinski definition) is 3. The normalized spacial score (nSPS) is 12.9. The lowest BCUT2D eigenvalue weighted by atomic mass is 9.97. The van der Waals surface area contributed by atoms with Gasteiger partial charge in [-0.2, -0.15) is 0 Å². The fraction of sp³-hybridized carbons (Fsp3) is 0.600. The molecule has 0 spiro atoms. The van der Waals surface area contributed by atoms with Gasteiger partial charge < -0.3 is 4.74 Å². The molecule has 1 aromatic carbocycles. The van der Waals surface area contributed by atoms with Crippen LogP contribution in [-0.4, -0.2) is 13.2 Å². The minimum absolute atomic E-state index is 0.170. The molecule has 0 saturated carbocycles. The summed E-state index contributed by atoms with van der Waals surface area (Å²) in [6.07, 6.45) is 2.01. The number of ether oxygens (including phenoxy) is 1. The Morgan fingerprint density at radius 1 is 1.33 bits per heavy atom. The predicted molar refractivity (Wildman–Crippen MR) is 76.2 cm³/mol. The zero-order chi connectivity index (χ0) is 13.4. The van der Waals surface area contributed by atoms with Gasteiger partial charge in [0, 0.05) is 19.3 Å². The summed E-state index contributed by atoms with van der Waals surface area (Å²) in [5.41, 5.74) is 5.50. The summed E-state index contributed by atoms with van der Waals surface area (Å²) in [7, 11) is 0. The zero-order valence-corrected chi connectivity index (χ0v) is 11.8. The molecule has 0 heterocycles. The van der Waals surface area contributed by atoms with Gasteiger partial charge in [-0.25, -0.2) is 0 Å². The van der Waals surface area contributed by atoms with Crippen LogP contribution in [0.2, 0.25) is 0 Å². The van der Waals surface area contributed by atoms with Gasteiger partial charge >= 0.3 is 0 Å². The van der Waals surface area contributed by atoms with Gasteiger partial charge in [-0.1, -0.05) is 38.1 Å². The quantitative estimate of drug-likeness (QED) is 0.424. The number of nitrogens with two attached hydrogens (primary N) is 1. The molecule has 0 aliphatic heterocycles. The minimum atomic E-state index is 0.170. The molecule has 18 heavy (non-hydrogen) atoms. The summed E-state index contributed by atoms with van der Waals surface area (Å²) < 4.78 is 5.39. The Morgan fingerprint density at radius 3 is 2.72 bits per heavy atom. The van der Waals surface area contributed by atoms with E-state index in [1.54, 1.807) is 0 Å². The average molecular weight is 250 g/mol. The van der Waals surface area contributed by atoms with E-state index in [-0.39, 0.29) is 6.04 Å². The van der Waals surface area contributed by atoms with E-state index >= 15 is 0 Å². The van der Waals surface area contributed by atoms with Crippen LogP contribution in [0.3, 0.4) is 0 Å². The molecule has 0 aliphatic carbocycles. The Hall–Kier alpha value is -0.900. The van der Waals surface area contributed by atoms with Crippen LogP contribution in [0.4, 0.5) is 0 Å². The van der Waals surface area contributed by atoms with E-state index in [1.165, 1.54) is 11.1 Å². The number of nitrogens with one attached hydrogen (secondary N) is 1. The molecular formula is C15H26N2O. The van der Waals surface area contributed by atoms with Crippen molar-refractivity contribution in [2.75, 3.05) is 13.2 Å². The summed E-state index contributed by atoms with van der Waals surface area (Å²) in [6.45, 7) is 7.97. The van der Waals surface area contributed by atoms with Crippen molar-refractivity contribution < 1.29 is 4.74 Å². The maximum Gasteiger partial charge on any atom is 0.0484 e. The average Bonchev–Trinajstić information content (AvgIpc) is 2.34. The number of hydrogen-bond donors (Lipinski definition) is 2. The third-order valence-electron chi connectivity index (χ3n) is 2.95. The third kappa shape index (κ3) is 5.17. The molecule has 0 bridgehead atoms. The molecule has 0 aliphatic rings. The highest BCUT2D eigenvalue weighted by Crippen LogP contribution is 2.19. The summed E-state index contributed by atoms with van der Waals surface area (Å²) >= 11 is 0. The standard InChI is InChI=1S/C15H26N2O/c1-4-18-9-8-15(17-16)14-7-5-6-13(11-14)10-12(2)3/h5-7,11-12,15,17H,4,8-10,16H2,1-3H3. The van der Waals surface area contributed by atoms with E-state index < -0.39 is 0 Å². The van der Waals surface area contributed by atoms with Gasteiger partial charge in [-0.05, 0) is 36.8 Å². The van der Waals surface area contributed by atoms with Crippen LogP contribution in [0.15, 0.2) is 24.3 Å². The molecule has 0 fully saturated rings. The summed E-state index contributed by atoms with van der Waals surface area (Å²) in [4.78, 5) is 0. The highest BCUT2D eigenvalue weighted by molar-refractivity contribution is 5.26. The van der Waals surface area contributed by atoms with Crippen molar-refractivity contribution in [3.05, 3.63) is 35.4 Å². The van der Waals surface area contributed by atoms with Crippen molar-refractivity contribution in [1.29, 1.82) is 0 Å². The van der Waals surface area contributed by atoms with Gasteiger partial charge in [0.05, 0.1) is 0 Å². The maximum atomic E-state index is 5.63. The topological polar surface area (TPSA) is 47.3 Å². The van der Waals surface area contributed by atoms with Crippen LogP contribution in [0, 0.1) is 5.92 Å². The number of hydrazine groups is 1. The van der Waals surface area contributed by atoms with Gasteiger partial charge in [0.25, 0.3) is 0 Å². The first-order chi connectivity index (χ1) is 8.67. The maximum absolute atomic E-state index is 5.63. The largest absolute Gasteiger partial charge is 0.382 e. The smallest absolute Gasteiger partial charge is 0.0484 e. The van der Waals surface area contributed by atoms with Gasteiger partial charge in [-0.15, -0.1) is 0 Å². The van der Waals surface area contributed by atoms with Crippen LogP contribution >= 0.6 is 0 Å². The lowest BCUT2D eigenvalue weighted by Crippen LogP contribution is -2.29. The van der Waals surface area contributed by atoms with E-state index in [9.17, 15) is 0 Å². The summed E-state index contributed by atoms with van der Waals surface area (Å²) in [6, 6.07) is 8.83. The van der Waals surface area contributed by atoms with E-state index in [4.69, 9.17) is 10.6 Å². The first-order valence-electron chi connectivity index (χ1n) is 6.80. The van der Waals surface area contributed by atoms with Crippen molar-refractivity contribution in [2.45, 2.75) is 39.7 Å². The fourth-order valence-corrected chi connectivity index (χ4v) is 2.10. The Morgan fingerprint density at radius 2 is 2.11 bits per heavy atom. The van der Waals surface area contributed by atoms with Crippen LogP contribution in [0.1, 0.15) is 44.4 Å². The lowest BCUT2D eigenvalue weighted by molar-refractivity contribution is 0.136. The molecule has 0 radical (unpaired) electrons. The first-order valence-corrected chi connectivity index (χ1v) is 6.80. The molecule has 0 aromatic heterocycles. The van der Waals surface area contributed by atoms with Crippen molar-refractivity contribution in [1.82, 2.24) is 5.43 Å². The molecule has 3 nitrogen and oxygen atoms in total. The molecule has 1 unspecified atom stereocenters. The summed E-state index contributed by atoms with van der Waals surface area (Å²) in [5.74, 6) is 6.31. The second-order valence-electron chi connectivity index (χ2n) is 5.05. The highest BCUT2D eigenvalue weighted by atomic mass is 16.5. The molecule has 3 N–H and O–H groups in total. The monoisotopic (exact) mass is 250 g/mol. The Kier molecular flexibility index (Phi) is 6.94. The Labute approximate surface area is 111 Å². The Balaban J connectivity index is 2.66. The number of benzene rings is 1. The van der Waals surface area contributed by atoms with Crippen molar-refractivity contribution in [3.63, 3.8) is 0 Å². The Bertz CT molecular complexity index is 339. The van der Waals surface area contributed by atoms with Gasteiger partial charge in [-0.3, -0.25) is 11.3 Å². The first kappa shape index (κ1) is 15.2. The van der Waals surface area contributed by atoms with Crippen molar-refractivity contribution >= 4 is 0 Å². The lowest BCUT2D eigenvalue weighted by Gasteiger charge is -2.17. The van der Waals surface area contributed by atoms with E-state index in [1.807, 2.05) is 6.92 Å². The molecular weight excluding hydrogens is 224 g/mol. The summed E-state index contributed by atoms with van der Waals surface area (Å²) in [5, 5.41) is 0. The van der Waals surface area contributed by atoms with E-state index in [0.717, 1.165) is 26.1 Å². The SMILES string of the molecule is CCOCCC(NN)c1cccc(CC(C)C)c1. The highest BCUT2D eigenvalue weighted by Gasteiger charge is 2.10. The molecule has 0 amide bonds. The van der Waals surface area contributed by atoms with Crippen molar-refractivity contribution in [3.8, 4) is 0 Å². The van der Waals surface area contributed by atoms with E-state index in [2.05, 4.69) is 43.5 Å². The molecule has 0 saturated heterocycles.